The molecule has 1 fully saturated rings. The van der Waals surface area contributed by atoms with Gasteiger partial charge in [0.15, 0.2) is 5.90 Å². The molecule has 62 valence electrons. The van der Waals surface area contributed by atoms with Crippen LogP contribution in [0.4, 0.5) is 0 Å². The topological polar surface area (TPSA) is 21.6 Å². The minimum absolute atomic E-state index is 0.0287. The summed E-state index contributed by atoms with van der Waals surface area (Å²) in [7, 11) is 0. The van der Waals surface area contributed by atoms with Crippen molar-refractivity contribution in [3.05, 3.63) is 0 Å². The summed E-state index contributed by atoms with van der Waals surface area (Å²) < 4.78 is 5.55. The van der Waals surface area contributed by atoms with Gasteiger partial charge in [0.2, 0.25) is 0 Å². The Morgan fingerprint density at radius 2 is 1.91 bits per heavy atom. The quantitative estimate of drug-likeness (QED) is 0.564. The van der Waals surface area contributed by atoms with Gasteiger partial charge in [-0.15, -0.1) is 0 Å². The van der Waals surface area contributed by atoms with Crippen molar-refractivity contribution in [3.63, 3.8) is 0 Å². The summed E-state index contributed by atoms with van der Waals surface area (Å²) in [5.74, 6) is 1.00. The van der Waals surface area contributed by atoms with E-state index in [1.807, 2.05) is 0 Å². The van der Waals surface area contributed by atoms with Gasteiger partial charge in [-0.3, -0.25) is 0 Å². The van der Waals surface area contributed by atoms with Crippen molar-refractivity contribution in [3.8, 4) is 0 Å². The second-order valence-electron chi connectivity index (χ2n) is 4.58. The Labute approximate surface area is 67.7 Å². The van der Waals surface area contributed by atoms with Gasteiger partial charge in [-0.25, -0.2) is 4.99 Å². The van der Waals surface area contributed by atoms with Crippen LogP contribution in [0.1, 0.15) is 33.6 Å². The number of aliphatic imine (C=N–C) groups is 1. The first kappa shape index (κ1) is 7.14. The van der Waals surface area contributed by atoms with E-state index in [1.165, 1.54) is 12.8 Å². The zero-order valence-corrected chi connectivity index (χ0v) is 7.48. The van der Waals surface area contributed by atoms with Crippen LogP contribution in [0.2, 0.25) is 0 Å². The second kappa shape index (κ2) is 1.79. The third-order valence-electron chi connectivity index (χ3n) is 2.48. The SMILES string of the molecule is CC1(C)COC(C2(C)CC2)=N1. The lowest BCUT2D eigenvalue weighted by Gasteiger charge is -2.07. The summed E-state index contributed by atoms with van der Waals surface area (Å²) in [6.07, 6.45) is 2.50. The van der Waals surface area contributed by atoms with E-state index in [0.29, 0.717) is 5.41 Å². The maximum Gasteiger partial charge on any atom is 0.190 e. The van der Waals surface area contributed by atoms with Gasteiger partial charge in [0.1, 0.15) is 6.61 Å². The van der Waals surface area contributed by atoms with Crippen molar-refractivity contribution < 1.29 is 4.74 Å². The Kier molecular flexibility index (Phi) is 1.16. The molecule has 2 aliphatic rings. The molecule has 0 N–H and O–H groups in total. The van der Waals surface area contributed by atoms with Gasteiger partial charge in [-0.2, -0.15) is 0 Å². The van der Waals surface area contributed by atoms with Gasteiger partial charge in [-0.05, 0) is 26.7 Å². The monoisotopic (exact) mass is 153 g/mol. The molecule has 0 bridgehead atoms. The van der Waals surface area contributed by atoms with Gasteiger partial charge >= 0.3 is 0 Å². The molecule has 2 heteroatoms. The van der Waals surface area contributed by atoms with E-state index < -0.39 is 0 Å². The Bertz CT molecular complexity index is 214. The van der Waals surface area contributed by atoms with E-state index in [-0.39, 0.29) is 5.54 Å². The summed E-state index contributed by atoms with van der Waals surface area (Å²) in [6.45, 7) is 7.22. The first-order valence-electron chi connectivity index (χ1n) is 4.25. The number of hydrogen-bond acceptors (Lipinski definition) is 2. The van der Waals surface area contributed by atoms with E-state index in [2.05, 4.69) is 25.8 Å². The van der Waals surface area contributed by atoms with Crippen LogP contribution in [-0.2, 0) is 4.74 Å². The molecule has 1 heterocycles. The molecule has 0 aromatic rings. The molecule has 1 saturated carbocycles. The summed E-state index contributed by atoms with van der Waals surface area (Å²) in [5, 5.41) is 0. The molecule has 2 rings (SSSR count). The molecule has 1 aliphatic carbocycles. The number of ether oxygens (including phenoxy) is 1. The van der Waals surface area contributed by atoms with Crippen molar-refractivity contribution >= 4 is 5.90 Å². The zero-order chi connectivity index (χ0) is 8.11. The fourth-order valence-corrected chi connectivity index (χ4v) is 1.29. The third-order valence-corrected chi connectivity index (χ3v) is 2.48. The Hall–Kier alpha value is -0.530. The van der Waals surface area contributed by atoms with E-state index in [0.717, 1.165) is 12.5 Å². The molecular formula is C9H15NO. The summed E-state index contributed by atoms with van der Waals surface area (Å²) in [5.41, 5.74) is 0.342. The molecule has 0 amide bonds. The summed E-state index contributed by atoms with van der Waals surface area (Å²) in [4.78, 5) is 4.55. The highest BCUT2D eigenvalue weighted by Gasteiger charge is 2.47. The van der Waals surface area contributed by atoms with E-state index in [9.17, 15) is 0 Å². The maximum atomic E-state index is 5.55. The Morgan fingerprint density at radius 1 is 1.27 bits per heavy atom. The molecule has 2 nitrogen and oxygen atoms in total. The molecular weight excluding hydrogens is 138 g/mol. The molecule has 0 spiro atoms. The van der Waals surface area contributed by atoms with Crippen molar-refractivity contribution in [2.75, 3.05) is 6.61 Å². The van der Waals surface area contributed by atoms with Crippen molar-refractivity contribution in [2.24, 2.45) is 10.4 Å². The highest BCUT2D eigenvalue weighted by molar-refractivity contribution is 5.86. The first-order valence-corrected chi connectivity index (χ1v) is 4.25. The van der Waals surface area contributed by atoms with Crippen LogP contribution in [0.3, 0.4) is 0 Å². The average Bonchev–Trinajstić information content (AvgIpc) is 2.51. The first-order chi connectivity index (χ1) is 5.02. The lowest BCUT2D eigenvalue weighted by atomic mass is 10.1. The van der Waals surface area contributed by atoms with E-state index in [1.54, 1.807) is 0 Å². The fraction of sp³-hybridized carbons (Fsp3) is 0.889. The molecule has 0 saturated heterocycles. The third kappa shape index (κ3) is 1.15. The van der Waals surface area contributed by atoms with Crippen LogP contribution >= 0.6 is 0 Å². The molecule has 0 atom stereocenters. The van der Waals surface area contributed by atoms with Gasteiger partial charge in [-0.1, -0.05) is 6.92 Å². The molecule has 0 aromatic carbocycles. The smallest absolute Gasteiger partial charge is 0.190 e. The van der Waals surface area contributed by atoms with Gasteiger partial charge in [0.25, 0.3) is 0 Å². The lowest BCUT2D eigenvalue weighted by Crippen LogP contribution is -2.17. The van der Waals surface area contributed by atoms with Crippen LogP contribution in [0, 0.1) is 5.41 Å². The number of hydrogen-bond donors (Lipinski definition) is 0. The van der Waals surface area contributed by atoms with E-state index in [4.69, 9.17) is 4.74 Å². The van der Waals surface area contributed by atoms with Crippen LogP contribution in [0.25, 0.3) is 0 Å². The zero-order valence-electron chi connectivity index (χ0n) is 7.48. The Morgan fingerprint density at radius 3 is 2.27 bits per heavy atom. The summed E-state index contributed by atoms with van der Waals surface area (Å²) in [6, 6.07) is 0. The molecule has 1 aliphatic heterocycles. The van der Waals surface area contributed by atoms with Crippen molar-refractivity contribution in [1.29, 1.82) is 0 Å². The molecule has 0 unspecified atom stereocenters. The van der Waals surface area contributed by atoms with Crippen LogP contribution < -0.4 is 0 Å². The second-order valence-corrected chi connectivity index (χ2v) is 4.58. The van der Waals surface area contributed by atoms with Gasteiger partial charge in [0.05, 0.1) is 5.54 Å². The highest BCUT2D eigenvalue weighted by Crippen LogP contribution is 2.48. The lowest BCUT2D eigenvalue weighted by molar-refractivity contribution is 0.264. The predicted molar refractivity (Wildman–Crippen MR) is 44.8 cm³/mol. The fourth-order valence-electron chi connectivity index (χ4n) is 1.29. The number of rotatable bonds is 1. The minimum atomic E-state index is 0.0287. The van der Waals surface area contributed by atoms with Gasteiger partial charge in [0, 0.05) is 5.41 Å². The van der Waals surface area contributed by atoms with Crippen molar-refractivity contribution in [2.45, 2.75) is 39.2 Å². The van der Waals surface area contributed by atoms with E-state index >= 15 is 0 Å². The highest BCUT2D eigenvalue weighted by atomic mass is 16.5. The van der Waals surface area contributed by atoms with Gasteiger partial charge < -0.3 is 4.74 Å². The van der Waals surface area contributed by atoms with Crippen LogP contribution in [0.15, 0.2) is 4.99 Å². The van der Waals surface area contributed by atoms with Crippen molar-refractivity contribution in [1.82, 2.24) is 0 Å². The molecule has 11 heavy (non-hydrogen) atoms. The Balaban J connectivity index is 2.18. The minimum Gasteiger partial charge on any atom is -0.478 e. The molecule has 0 aromatic heterocycles. The van der Waals surface area contributed by atoms with Crippen LogP contribution in [-0.4, -0.2) is 18.0 Å². The molecule has 0 radical (unpaired) electrons. The average molecular weight is 153 g/mol. The normalized spacial score (nSPS) is 31.0. The summed E-state index contributed by atoms with van der Waals surface area (Å²) >= 11 is 0. The maximum absolute atomic E-state index is 5.55. The number of nitrogens with zero attached hydrogens (tertiary/aromatic N) is 1. The predicted octanol–water partition coefficient (Wildman–Crippen LogP) is 1.99. The van der Waals surface area contributed by atoms with Crippen LogP contribution in [0.5, 0.6) is 0 Å². The largest absolute Gasteiger partial charge is 0.478 e. The standard InChI is InChI=1S/C9H15NO/c1-8(2)6-11-7(10-8)9(3)4-5-9/h4-6H2,1-3H3.